The zero-order valence-corrected chi connectivity index (χ0v) is 23.0. The van der Waals surface area contributed by atoms with Gasteiger partial charge in [-0.3, -0.25) is 4.79 Å². The van der Waals surface area contributed by atoms with E-state index in [9.17, 15) is 40.5 Å². The van der Waals surface area contributed by atoms with E-state index in [1.807, 2.05) is 0 Å². The fraction of sp³-hybridized carbons (Fsp3) is 0.464. The second-order valence-electron chi connectivity index (χ2n) is 10.1. The van der Waals surface area contributed by atoms with E-state index in [-0.39, 0.29) is 34.6 Å². The monoisotopic (exact) mass is 608 g/mol. The number of hydrogen-bond donors (Lipinski definition) is 7. The van der Waals surface area contributed by atoms with E-state index < -0.39 is 73.1 Å². The molecule has 2 aliphatic heterocycles. The molecule has 9 atom stereocenters. The number of phenols is 1. The highest BCUT2D eigenvalue weighted by Crippen LogP contribution is 2.43. The van der Waals surface area contributed by atoms with Crippen LogP contribution in [0.5, 0.6) is 23.0 Å². The van der Waals surface area contributed by atoms with Crippen LogP contribution >= 0.6 is 0 Å². The highest BCUT2D eigenvalue weighted by atomic mass is 16.7. The molecule has 3 heterocycles. The SMILES string of the molecule is COc1ccc(-c2coc3cc(O[C@@H]4O[C@H](CO[C@@H]5OC[C@@H](O)[C@H](O)[C@@H]5O)[C@@H](O)[C@H](O)[C@H]4O)c(OC)c(O)c3c2=O)cc1. The van der Waals surface area contributed by atoms with Gasteiger partial charge in [0.05, 0.1) is 33.0 Å². The van der Waals surface area contributed by atoms with Gasteiger partial charge in [0.1, 0.15) is 65.7 Å². The van der Waals surface area contributed by atoms with Crippen molar-refractivity contribution in [1.82, 2.24) is 0 Å². The third kappa shape index (κ3) is 5.86. The molecule has 3 aromatic rings. The number of phenolic OH excluding ortho intramolecular Hbond substituents is 1. The van der Waals surface area contributed by atoms with Crippen LogP contribution in [-0.2, 0) is 14.2 Å². The highest BCUT2D eigenvalue weighted by molar-refractivity contribution is 5.91. The number of aliphatic hydroxyl groups excluding tert-OH is 6. The standard InChI is InChI=1S/C28H32O15/c1-37-12-5-3-11(4-6-12)13-8-39-15-7-16(26(38-2)22(33)18(15)19(13)30)42-28-25(36)23(34)21(32)17(43-28)10-41-27-24(35)20(31)14(29)9-40-27/h3-8,14,17,20-21,23-25,27-29,31-36H,9-10H2,1-2H3/t14-,17-,20+,21-,23+,24+,25-,27+,28-/m1/s1. The Hall–Kier alpha value is -3.51. The van der Waals surface area contributed by atoms with Gasteiger partial charge >= 0.3 is 0 Å². The summed E-state index contributed by atoms with van der Waals surface area (Å²) in [5, 5.41) is 71.9. The second kappa shape index (κ2) is 12.6. The van der Waals surface area contributed by atoms with Gasteiger partial charge in [0.25, 0.3) is 0 Å². The molecular weight excluding hydrogens is 576 g/mol. The van der Waals surface area contributed by atoms with Crippen LogP contribution in [0.3, 0.4) is 0 Å². The first kappa shape index (κ1) is 30.9. The lowest BCUT2D eigenvalue weighted by Gasteiger charge is -2.41. The molecule has 15 heteroatoms. The largest absolute Gasteiger partial charge is 0.504 e. The van der Waals surface area contributed by atoms with Gasteiger partial charge in [0.2, 0.25) is 17.5 Å². The molecule has 5 rings (SSSR count). The van der Waals surface area contributed by atoms with Gasteiger partial charge in [0, 0.05) is 6.07 Å². The second-order valence-corrected chi connectivity index (χ2v) is 10.1. The molecule has 2 saturated heterocycles. The first-order valence-electron chi connectivity index (χ1n) is 13.2. The summed E-state index contributed by atoms with van der Waals surface area (Å²) in [6, 6.07) is 7.85. The fourth-order valence-electron chi connectivity index (χ4n) is 4.87. The van der Waals surface area contributed by atoms with E-state index in [1.165, 1.54) is 26.5 Å². The number of aromatic hydroxyl groups is 1. The summed E-state index contributed by atoms with van der Waals surface area (Å²) in [4.78, 5) is 13.4. The molecule has 1 aromatic heterocycles. The third-order valence-corrected chi connectivity index (χ3v) is 7.36. The average Bonchev–Trinajstić information content (AvgIpc) is 3.00. The molecule has 43 heavy (non-hydrogen) atoms. The molecule has 2 aliphatic rings. The van der Waals surface area contributed by atoms with E-state index in [2.05, 4.69) is 0 Å². The van der Waals surface area contributed by atoms with Gasteiger partial charge in [-0.2, -0.15) is 0 Å². The van der Waals surface area contributed by atoms with Gasteiger partial charge in [-0.15, -0.1) is 0 Å². The van der Waals surface area contributed by atoms with E-state index in [4.69, 9.17) is 32.8 Å². The van der Waals surface area contributed by atoms with Gasteiger partial charge in [-0.05, 0) is 17.7 Å². The maximum atomic E-state index is 13.4. The molecule has 0 amide bonds. The van der Waals surface area contributed by atoms with Crippen LogP contribution in [-0.4, -0.2) is 118 Å². The number of fused-ring (bicyclic) bond motifs is 1. The summed E-state index contributed by atoms with van der Waals surface area (Å²) in [7, 11) is 2.71. The first-order chi connectivity index (χ1) is 20.5. The van der Waals surface area contributed by atoms with Crippen molar-refractivity contribution in [2.45, 2.75) is 55.3 Å². The van der Waals surface area contributed by atoms with E-state index in [0.717, 1.165) is 0 Å². The third-order valence-electron chi connectivity index (χ3n) is 7.36. The van der Waals surface area contributed by atoms with E-state index in [0.29, 0.717) is 11.3 Å². The molecule has 2 aromatic carbocycles. The van der Waals surface area contributed by atoms with Crippen molar-refractivity contribution in [1.29, 1.82) is 0 Å². The molecule has 7 N–H and O–H groups in total. The first-order valence-corrected chi connectivity index (χ1v) is 13.2. The summed E-state index contributed by atoms with van der Waals surface area (Å²) in [6.45, 7) is -0.828. The number of aliphatic hydroxyl groups is 6. The number of methoxy groups -OCH3 is 2. The molecule has 2 fully saturated rings. The van der Waals surface area contributed by atoms with Crippen molar-refractivity contribution in [2.24, 2.45) is 0 Å². The normalized spacial score (nSPS) is 31.1. The number of benzene rings is 2. The molecule has 0 radical (unpaired) electrons. The van der Waals surface area contributed by atoms with Crippen molar-refractivity contribution in [3.05, 3.63) is 46.8 Å². The maximum absolute atomic E-state index is 13.4. The molecular formula is C28H32O15. The Balaban J connectivity index is 1.39. The van der Waals surface area contributed by atoms with Crippen LogP contribution in [0.4, 0.5) is 0 Å². The van der Waals surface area contributed by atoms with Crippen LogP contribution in [0.15, 0.2) is 45.8 Å². The molecule has 15 nitrogen and oxygen atoms in total. The number of rotatable bonds is 8. The van der Waals surface area contributed by atoms with Gasteiger partial charge in [-0.1, -0.05) is 12.1 Å². The minimum atomic E-state index is -1.80. The van der Waals surface area contributed by atoms with Crippen molar-refractivity contribution < 1.29 is 68.6 Å². The maximum Gasteiger partial charge on any atom is 0.229 e. The van der Waals surface area contributed by atoms with Crippen LogP contribution in [0.1, 0.15) is 0 Å². The Bertz CT molecular complexity index is 1470. The summed E-state index contributed by atoms with van der Waals surface area (Å²) >= 11 is 0. The van der Waals surface area contributed by atoms with Crippen molar-refractivity contribution >= 4 is 11.0 Å². The Morgan fingerprint density at radius 2 is 1.58 bits per heavy atom. The molecule has 0 aliphatic carbocycles. The topological polar surface area (TPSA) is 227 Å². The summed E-state index contributed by atoms with van der Waals surface area (Å²) in [5.41, 5.74) is 0.00139. The van der Waals surface area contributed by atoms with Crippen LogP contribution in [0.2, 0.25) is 0 Å². The minimum absolute atomic E-state index is 0.0921. The molecule has 0 bridgehead atoms. The predicted molar refractivity (Wildman–Crippen MR) is 144 cm³/mol. The Labute approximate surface area is 243 Å². The van der Waals surface area contributed by atoms with E-state index in [1.54, 1.807) is 24.3 Å². The summed E-state index contributed by atoms with van der Waals surface area (Å²) < 4.78 is 38.0. The van der Waals surface area contributed by atoms with Crippen LogP contribution < -0.4 is 19.6 Å². The zero-order chi connectivity index (χ0) is 31.0. The lowest BCUT2D eigenvalue weighted by molar-refractivity contribution is -0.307. The average molecular weight is 609 g/mol. The quantitative estimate of drug-likeness (QED) is 0.160. The summed E-state index contributed by atoms with van der Waals surface area (Å²) in [5.74, 6) is -0.572. The lowest BCUT2D eigenvalue weighted by Crippen LogP contribution is -2.61. The predicted octanol–water partition coefficient (Wildman–Crippen LogP) is -1.18. The van der Waals surface area contributed by atoms with Gasteiger partial charge in [0.15, 0.2) is 17.8 Å². The summed E-state index contributed by atoms with van der Waals surface area (Å²) in [6.07, 6.45) is -12.9. The van der Waals surface area contributed by atoms with Gasteiger partial charge in [-0.25, -0.2) is 0 Å². The van der Waals surface area contributed by atoms with Crippen molar-refractivity contribution in [3.8, 4) is 34.1 Å². The van der Waals surface area contributed by atoms with E-state index >= 15 is 0 Å². The molecule has 0 unspecified atom stereocenters. The van der Waals surface area contributed by atoms with Crippen molar-refractivity contribution in [3.63, 3.8) is 0 Å². The number of ether oxygens (including phenoxy) is 6. The lowest BCUT2D eigenvalue weighted by atomic mass is 9.99. The van der Waals surface area contributed by atoms with Gasteiger partial charge < -0.3 is 68.6 Å². The Kier molecular flexibility index (Phi) is 9.07. The van der Waals surface area contributed by atoms with Crippen LogP contribution in [0, 0.1) is 0 Å². The fourth-order valence-corrected chi connectivity index (χ4v) is 4.87. The Morgan fingerprint density at radius 1 is 0.884 bits per heavy atom. The van der Waals surface area contributed by atoms with Crippen LogP contribution in [0.25, 0.3) is 22.1 Å². The smallest absolute Gasteiger partial charge is 0.229 e. The molecule has 234 valence electrons. The Morgan fingerprint density at radius 3 is 2.26 bits per heavy atom. The minimum Gasteiger partial charge on any atom is -0.504 e. The zero-order valence-electron chi connectivity index (χ0n) is 23.0. The molecule has 0 saturated carbocycles. The number of hydrogen-bond acceptors (Lipinski definition) is 15. The highest BCUT2D eigenvalue weighted by Gasteiger charge is 2.47. The van der Waals surface area contributed by atoms with Crippen molar-refractivity contribution in [2.75, 3.05) is 27.4 Å². The molecule has 0 spiro atoms.